The van der Waals surface area contributed by atoms with Crippen molar-refractivity contribution in [3.05, 3.63) is 29.3 Å². The fraction of sp³-hybridized carbons (Fsp3) is 0.588. The highest BCUT2D eigenvalue weighted by Crippen LogP contribution is 2.27. The van der Waals surface area contributed by atoms with Crippen LogP contribution in [-0.4, -0.2) is 30.5 Å². The van der Waals surface area contributed by atoms with E-state index in [1.165, 1.54) is 12.0 Å². The SMILES string of the molecule is CC1CC(C)CN(C(=O)Cc2ccc3c(c2)CCO3)C1. The number of nitrogens with zero attached hydrogens (tertiary/aromatic N) is 1. The van der Waals surface area contributed by atoms with E-state index in [2.05, 4.69) is 19.9 Å². The number of carbonyl (C=O) groups excluding carboxylic acids is 1. The van der Waals surface area contributed by atoms with Crippen molar-refractivity contribution in [2.75, 3.05) is 19.7 Å². The quantitative estimate of drug-likeness (QED) is 0.829. The van der Waals surface area contributed by atoms with E-state index in [9.17, 15) is 4.79 Å². The van der Waals surface area contributed by atoms with Crippen LogP contribution in [0.4, 0.5) is 0 Å². The summed E-state index contributed by atoms with van der Waals surface area (Å²) in [5.74, 6) is 2.50. The summed E-state index contributed by atoms with van der Waals surface area (Å²) in [6.07, 6.45) is 2.72. The molecule has 3 nitrogen and oxygen atoms in total. The molecule has 0 radical (unpaired) electrons. The van der Waals surface area contributed by atoms with Gasteiger partial charge in [0.05, 0.1) is 13.0 Å². The lowest BCUT2D eigenvalue weighted by atomic mass is 9.91. The monoisotopic (exact) mass is 273 g/mol. The standard InChI is InChI=1S/C17H23NO2/c1-12-7-13(2)11-18(10-12)17(19)9-14-3-4-16-15(8-14)5-6-20-16/h3-4,8,12-13H,5-7,9-11H2,1-2H3. The van der Waals surface area contributed by atoms with E-state index in [1.807, 2.05) is 17.0 Å². The van der Waals surface area contributed by atoms with Crippen LogP contribution in [0.1, 0.15) is 31.4 Å². The molecule has 0 aliphatic carbocycles. The molecular formula is C17H23NO2. The predicted molar refractivity (Wildman–Crippen MR) is 78.9 cm³/mol. The van der Waals surface area contributed by atoms with Crippen LogP contribution in [-0.2, 0) is 17.6 Å². The van der Waals surface area contributed by atoms with Gasteiger partial charge >= 0.3 is 0 Å². The maximum absolute atomic E-state index is 12.5. The summed E-state index contributed by atoms with van der Waals surface area (Å²) in [4.78, 5) is 14.5. The largest absolute Gasteiger partial charge is 0.493 e. The van der Waals surface area contributed by atoms with Crippen LogP contribution < -0.4 is 4.74 Å². The van der Waals surface area contributed by atoms with Crippen molar-refractivity contribution in [1.82, 2.24) is 4.90 Å². The Hall–Kier alpha value is -1.51. The summed E-state index contributed by atoms with van der Waals surface area (Å²) in [7, 11) is 0. The minimum absolute atomic E-state index is 0.266. The van der Waals surface area contributed by atoms with Crippen LogP contribution in [0.15, 0.2) is 18.2 Å². The second-order valence-corrected chi connectivity index (χ2v) is 6.46. The molecule has 2 atom stereocenters. The summed E-state index contributed by atoms with van der Waals surface area (Å²) in [5.41, 5.74) is 2.36. The molecule has 3 heteroatoms. The lowest BCUT2D eigenvalue weighted by Gasteiger charge is -2.35. The van der Waals surface area contributed by atoms with Gasteiger partial charge in [0.2, 0.25) is 5.91 Å². The van der Waals surface area contributed by atoms with E-state index in [0.717, 1.165) is 37.4 Å². The van der Waals surface area contributed by atoms with Crippen molar-refractivity contribution in [1.29, 1.82) is 0 Å². The Balaban J connectivity index is 1.66. The van der Waals surface area contributed by atoms with Gasteiger partial charge in [-0.3, -0.25) is 4.79 Å². The van der Waals surface area contributed by atoms with E-state index >= 15 is 0 Å². The van der Waals surface area contributed by atoms with Gasteiger partial charge in [-0.2, -0.15) is 0 Å². The van der Waals surface area contributed by atoms with Crippen LogP contribution in [0.2, 0.25) is 0 Å². The fourth-order valence-electron chi connectivity index (χ4n) is 3.50. The molecule has 0 aromatic heterocycles. The fourth-order valence-corrected chi connectivity index (χ4v) is 3.50. The summed E-state index contributed by atoms with van der Waals surface area (Å²) >= 11 is 0. The number of benzene rings is 1. The van der Waals surface area contributed by atoms with Crippen molar-refractivity contribution in [2.24, 2.45) is 11.8 Å². The second-order valence-electron chi connectivity index (χ2n) is 6.46. The number of rotatable bonds is 2. The van der Waals surface area contributed by atoms with Crippen molar-refractivity contribution in [3.63, 3.8) is 0 Å². The van der Waals surface area contributed by atoms with Gasteiger partial charge in [0.15, 0.2) is 0 Å². The number of amides is 1. The molecule has 0 saturated carbocycles. The van der Waals surface area contributed by atoms with Gasteiger partial charge in [0.25, 0.3) is 0 Å². The Labute approximate surface area is 120 Å². The number of ether oxygens (including phenoxy) is 1. The van der Waals surface area contributed by atoms with Crippen LogP contribution >= 0.6 is 0 Å². The molecule has 108 valence electrons. The molecule has 20 heavy (non-hydrogen) atoms. The summed E-state index contributed by atoms with van der Waals surface area (Å²) < 4.78 is 5.51. The minimum atomic E-state index is 0.266. The number of carbonyl (C=O) groups is 1. The molecule has 2 aliphatic rings. The molecule has 0 bridgehead atoms. The van der Waals surface area contributed by atoms with Crippen LogP contribution in [0.3, 0.4) is 0 Å². The maximum atomic E-state index is 12.5. The van der Waals surface area contributed by atoms with Crippen molar-refractivity contribution >= 4 is 5.91 Å². The van der Waals surface area contributed by atoms with Gasteiger partial charge in [-0.05, 0) is 35.4 Å². The first kappa shape index (κ1) is 13.5. The van der Waals surface area contributed by atoms with Gasteiger partial charge < -0.3 is 9.64 Å². The second kappa shape index (κ2) is 5.47. The zero-order valence-electron chi connectivity index (χ0n) is 12.4. The molecule has 1 amide bonds. The topological polar surface area (TPSA) is 29.5 Å². The van der Waals surface area contributed by atoms with E-state index in [1.54, 1.807) is 0 Å². The lowest BCUT2D eigenvalue weighted by Crippen LogP contribution is -2.43. The number of likely N-dealkylation sites (tertiary alicyclic amines) is 1. The third-order valence-corrected chi connectivity index (χ3v) is 4.33. The van der Waals surface area contributed by atoms with Gasteiger partial charge in [-0.25, -0.2) is 0 Å². The van der Waals surface area contributed by atoms with E-state index < -0.39 is 0 Å². The highest BCUT2D eigenvalue weighted by molar-refractivity contribution is 5.79. The van der Waals surface area contributed by atoms with Crippen LogP contribution in [0, 0.1) is 11.8 Å². The molecule has 3 rings (SSSR count). The first-order valence-electron chi connectivity index (χ1n) is 7.64. The average molecular weight is 273 g/mol. The average Bonchev–Trinajstić information content (AvgIpc) is 2.85. The zero-order valence-corrected chi connectivity index (χ0v) is 12.4. The third kappa shape index (κ3) is 2.82. The van der Waals surface area contributed by atoms with E-state index in [4.69, 9.17) is 4.74 Å². The van der Waals surface area contributed by atoms with Gasteiger partial charge in [-0.15, -0.1) is 0 Å². The summed E-state index contributed by atoms with van der Waals surface area (Å²) in [5, 5.41) is 0. The molecular weight excluding hydrogens is 250 g/mol. The number of fused-ring (bicyclic) bond motifs is 1. The Kier molecular flexibility index (Phi) is 3.68. The number of hydrogen-bond donors (Lipinski definition) is 0. The van der Waals surface area contributed by atoms with Gasteiger partial charge in [0, 0.05) is 19.5 Å². The first-order valence-corrected chi connectivity index (χ1v) is 7.64. The normalized spacial score (nSPS) is 25.2. The Bertz CT molecular complexity index is 502. The molecule has 1 fully saturated rings. The highest BCUT2D eigenvalue weighted by atomic mass is 16.5. The van der Waals surface area contributed by atoms with Crippen molar-refractivity contribution in [2.45, 2.75) is 33.1 Å². The van der Waals surface area contributed by atoms with Gasteiger partial charge in [0.1, 0.15) is 5.75 Å². The molecule has 1 aromatic carbocycles. The Morgan fingerprint density at radius 1 is 1.30 bits per heavy atom. The number of piperidine rings is 1. The van der Waals surface area contributed by atoms with E-state index in [0.29, 0.717) is 18.3 Å². The van der Waals surface area contributed by atoms with Crippen LogP contribution in [0.5, 0.6) is 5.75 Å². The Morgan fingerprint density at radius 3 is 2.80 bits per heavy atom. The molecule has 2 aliphatic heterocycles. The molecule has 2 unspecified atom stereocenters. The third-order valence-electron chi connectivity index (χ3n) is 4.33. The predicted octanol–water partition coefficient (Wildman–Crippen LogP) is 2.67. The summed E-state index contributed by atoms with van der Waals surface area (Å²) in [6.45, 7) is 7.08. The smallest absolute Gasteiger partial charge is 0.227 e. The molecule has 1 aromatic rings. The molecule has 2 heterocycles. The van der Waals surface area contributed by atoms with Gasteiger partial charge in [-0.1, -0.05) is 26.0 Å². The Morgan fingerprint density at radius 2 is 2.05 bits per heavy atom. The first-order chi connectivity index (χ1) is 9.61. The minimum Gasteiger partial charge on any atom is -0.493 e. The van der Waals surface area contributed by atoms with Crippen molar-refractivity contribution < 1.29 is 9.53 Å². The number of hydrogen-bond acceptors (Lipinski definition) is 2. The zero-order chi connectivity index (χ0) is 14.1. The highest BCUT2D eigenvalue weighted by Gasteiger charge is 2.25. The van der Waals surface area contributed by atoms with E-state index in [-0.39, 0.29) is 5.91 Å². The molecule has 0 spiro atoms. The molecule has 0 N–H and O–H groups in total. The van der Waals surface area contributed by atoms with Crippen molar-refractivity contribution in [3.8, 4) is 5.75 Å². The maximum Gasteiger partial charge on any atom is 0.227 e. The lowest BCUT2D eigenvalue weighted by molar-refractivity contribution is -0.133. The summed E-state index contributed by atoms with van der Waals surface area (Å²) in [6, 6.07) is 6.17. The molecule has 1 saturated heterocycles. The van der Waals surface area contributed by atoms with Crippen LogP contribution in [0.25, 0.3) is 0 Å².